The Labute approximate surface area is 91.6 Å². The van der Waals surface area contributed by atoms with Gasteiger partial charge in [-0.25, -0.2) is 0 Å². The van der Waals surface area contributed by atoms with E-state index in [4.69, 9.17) is 4.74 Å². The van der Waals surface area contributed by atoms with Gasteiger partial charge < -0.3 is 10.1 Å². The molecule has 1 saturated heterocycles. The lowest BCUT2D eigenvalue weighted by Gasteiger charge is -2.29. The van der Waals surface area contributed by atoms with Gasteiger partial charge in [-0.15, -0.1) is 0 Å². The zero-order valence-corrected chi connectivity index (χ0v) is 9.28. The van der Waals surface area contributed by atoms with Gasteiger partial charge in [-0.05, 0) is 37.8 Å². The summed E-state index contributed by atoms with van der Waals surface area (Å²) in [7, 11) is 0. The summed E-state index contributed by atoms with van der Waals surface area (Å²) < 4.78 is 5.37. The van der Waals surface area contributed by atoms with E-state index < -0.39 is 0 Å². The van der Waals surface area contributed by atoms with E-state index in [2.05, 4.69) is 36.5 Å². The van der Waals surface area contributed by atoms with Crippen molar-refractivity contribution in [1.82, 2.24) is 0 Å². The number of ether oxygens (including phenoxy) is 1. The third-order valence-corrected chi connectivity index (χ3v) is 3.14. The fraction of sp³-hybridized carbons (Fsp3) is 0.538. The number of anilines is 1. The molecule has 2 heteroatoms. The Hall–Kier alpha value is -1.02. The number of benzene rings is 1. The molecular weight excluding hydrogens is 186 g/mol. The fourth-order valence-electron chi connectivity index (χ4n) is 2.13. The van der Waals surface area contributed by atoms with E-state index in [1.807, 2.05) is 6.07 Å². The van der Waals surface area contributed by atoms with Crippen molar-refractivity contribution in [2.45, 2.75) is 25.8 Å². The molecule has 0 bridgehead atoms. The van der Waals surface area contributed by atoms with Gasteiger partial charge in [-0.2, -0.15) is 0 Å². The second kappa shape index (κ2) is 5.17. The molecule has 15 heavy (non-hydrogen) atoms. The summed E-state index contributed by atoms with van der Waals surface area (Å²) >= 11 is 0. The van der Waals surface area contributed by atoms with Crippen LogP contribution in [0, 0.1) is 5.92 Å². The molecule has 1 aliphatic heterocycles. The minimum Gasteiger partial charge on any atom is -0.382 e. The summed E-state index contributed by atoms with van der Waals surface area (Å²) in [6.07, 6.45) is 2.36. The molecule has 0 spiro atoms. The van der Waals surface area contributed by atoms with E-state index in [1.165, 1.54) is 18.5 Å². The fourth-order valence-corrected chi connectivity index (χ4v) is 2.13. The van der Waals surface area contributed by atoms with Crippen molar-refractivity contribution in [3.8, 4) is 0 Å². The molecular formula is C13H19NO. The quantitative estimate of drug-likeness (QED) is 0.819. The van der Waals surface area contributed by atoms with Gasteiger partial charge in [0.05, 0.1) is 0 Å². The lowest BCUT2D eigenvalue weighted by atomic mass is 9.93. The lowest BCUT2D eigenvalue weighted by molar-refractivity contribution is 0.0622. The van der Waals surface area contributed by atoms with Crippen molar-refractivity contribution < 1.29 is 4.74 Å². The Balaban J connectivity index is 1.88. The van der Waals surface area contributed by atoms with Crippen molar-refractivity contribution in [1.29, 1.82) is 0 Å². The zero-order valence-electron chi connectivity index (χ0n) is 9.28. The third kappa shape index (κ3) is 2.96. The number of rotatable bonds is 3. The Bertz CT molecular complexity index is 280. The summed E-state index contributed by atoms with van der Waals surface area (Å²) in [5.74, 6) is 0.749. The average Bonchev–Trinajstić information content (AvgIpc) is 2.31. The van der Waals surface area contributed by atoms with E-state index in [-0.39, 0.29) is 0 Å². The molecule has 0 amide bonds. The molecule has 1 N–H and O–H groups in total. The summed E-state index contributed by atoms with van der Waals surface area (Å²) in [5.41, 5.74) is 1.22. The van der Waals surface area contributed by atoms with E-state index in [1.54, 1.807) is 0 Å². The first kappa shape index (κ1) is 10.5. The molecule has 0 radical (unpaired) electrons. The smallest absolute Gasteiger partial charge is 0.0469 e. The first-order valence-corrected chi connectivity index (χ1v) is 5.75. The van der Waals surface area contributed by atoms with Crippen LogP contribution >= 0.6 is 0 Å². The standard InChI is InChI=1S/C13H19NO/c1-11(12-7-9-15-10-8-12)14-13-5-3-2-4-6-13/h2-6,11-12,14H,7-10H2,1H3. The van der Waals surface area contributed by atoms with E-state index in [0.29, 0.717) is 6.04 Å². The molecule has 2 rings (SSSR count). The maximum Gasteiger partial charge on any atom is 0.0469 e. The molecule has 1 aromatic carbocycles. The highest BCUT2D eigenvalue weighted by Gasteiger charge is 2.19. The Kier molecular flexibility index (Phi) is 3.62. The van der Waals surface area contributed by atoms with Gasteiger partial charge in [0.1, 0.15) is 0 Å². The molecule has 0 saturated carbocycles. The van der Waals surface area contributed by atoms with Crippen LogP contribution in [0.25, 0.3) is 0 Å². The molecule has 1 fully saturated rings. The highest BCUT2D eigenvalue weighted by Crippen LogP contribution is 2.21. The van der Waals surface area contributed by atoms with Crippen molar-refractivity contribution in [2.24, 2.45) is 5.92 Å². The van der Waals surface area contributed by atoms with Gasteiger partial charge in [-0.3, -0.25) is 0 Å². The second-order valence-corrected chi connectivity index (χ2v) is 4.25. The van der Waals surface area contributed by atoms with Gasteiger partial charge in [-0.1, -0.05) is 18.2 Å². The van der Waals surface area contributed by atoms with Gasteiger partial charge in [0.25, 0.3) is 0 Å². The normalized spacial score (nSPS) is 19.8. The van der Waals surface area contributed by atoms with Gasteiger partial charge in [0.2, 0.25) is 0 Å². The van der Waals surface area contributed by atoms with Gasteiger partial charge in [0.15, 0.2) is 0 Å². The molecule has 0 aromatic heterocycles. The van der Waals surface area contributed by atoms with Crippen LogP contribution in [0.3, 0.4) is 0 Å². The monoisotopic (exact) mass is 205 g/mol. The molecule has 0 aliphatic carbocycles. The predicted molar refractivity (Wildman–Crippen MR) is 63.1 cm³/mol. The van der Waals surface area contributed by atoms with Crippen LogP contribution in [0.15, 0.2) is 30.3 Å². The van der Waals surface area contributed by atoms with Crippen LogP contribution in [-0.4, -0.2) is 19.3 Å². The first-order valence-electron chi connectivity index (χ1n) is 5.75. The van der Waals surface area contributed by atoms with Crippen LogP contribution < -0.4 is 5.32 Å². The van der Waals surface area contributed by atoms with Crippen molar-refractivity contribution in [3.63, 3.8) is 0 Å². The van der Waals surface area contributed by atoms with Gasteiger partial charge in [0, 0.05) is 24.9 Å². The summed E-state index contributed by atoms with van der Waals surface area (Å²) in [4.78, 5) is 0. The highest BCUT2D eigenvalue weighted by molar-refractivity contribution is 5.43. The molecule has 1 atom stereocenters. The summed E-state index contributed by atoms with van der Waals surface area (Å²) in [6.45, 7) is 4.11. The number of hydrogen-bond acceptors (Lipinski definition) is 2. The van der Waals surface area contributed by atoms with Crippen LogP contribution in [0.5, 0.6) is 0 Å². The Morgan fingerprint density at radius 3 is 2.53 bits per heavy atom. The lowest BCUT2D eigenvalue weighted by Crippen LogP contribution is -2.30. The second-order valence-electron chi connectivity index (χ2n) is 4.25. The van der Waals surface area contributed by atoms with Crippen LogP contribution in [0.1, 0.15) is 19.8 Å². The van der Waals surface area contributed by atoms with Crippen molar-refractivity contribution in [2.75, 3.05) is 18.5 Å². The number of nitrogens with one attached hydrogen (secondary N) is 1. The van der Waals surface area contributed by atoms with E-state index in [0.717, 1.165) is 19.1 Å². The van der Waals surface area contributed by atoms with Gasteiger partial charge >= 0.3 is 0 Å². The molecule has 82 valence electrons. The highest BCUT2D eigenvalue weighted by atomic mass is 16.5. The van der Waals surface area contributed by atoms with E-state index in [9.17, 15) is 0 Å². The number of hydrogen-bond donors (Lipinski definition) is 1. The Morgan fingerprint density at radius 2 is 1.87 bits per heavy atom. The molecule has 1 heterocycles. The maximum atomic E-state index is 5.37. The minimum atomic E-state index is 0.538. The van der Waals surface area contributed by atoms with Crippen molar-refractivity contribution >= 4 is 5.69 Å². The maximum absolute atomic E-state index is 5.37. The topological polar surface area (TPSA) is 21.3 Å². The molecule has 1 aromatic rings. The summed E-state index contributed by atoms with van der Waals surface area (Å²) in [6, 6.07) is 11.0. The minimum absolute atomic E-state index is 0.538. The molecule has 1 aliphatic rings. The zero-order chi connectivity index (χ0) is 10.5. The Morgan fingerprint density at radius 1 is 1.20 bits per heavy atom. The third-order valence-electron chi connectivity index (χ3n) is 3.14. The first-order chi connectivity index (χ1) is 7.36. The largest absolute Gasteiger partial charge is 0.382 e. The van der Waals surface area contributed by atoms with Crippen molar-refractivity contribution in [3.05, 3.63) is 30.3 Å². The molecule has 2 nitrogen and oxygen atoms in total. The van der Waals surface area contributed by atoms with Crippen LogP contribution in [0.2, 0.25) is 0 Å². The SMILES string of the molecule is CC(Nc1ccccc1)C1CCOCC1. The number of para-hydroxylation sites is 1. The predicted octanol–water partition coefficient (Wildman–Crippen LogP) is 2.91. The average molecular weight is 205 g/mol. The molecule has 1 unspecified atom stereocenters. The van der Waals surface area contributed by atoms with E-state index >= 15 is 0 Å². The summed E-state index contributed by atoms with van der Waals surface area (Å²) in [5, 5.41) is 3.56. The van der Waals surface area contributed by atoms with Crippen LogP contribution in [0.4, 0.5) is 5.69 Å². The van der Waals surface area contributed by atoms with Crippen LogP contribution in [-0.2, 0) is 4.74 Å².